The average Bonchev–Trinajstić information content (AvgIpc) is 2.58. The molecule has 1 heterocycles. The highest BCUT2D eigenvalue weighted by Gasteiger charge is 2.19. The van der Waals surface area contributed by atoms with Gasteiger partial charge < -0.3 is 14.8 Å². The molecule has 0 radical (unpaired) electrons. The van der Waals surface area contributed by atoms with Crippen LogP contribution in [0.25, 0.3) is 10.8 Å². The van der Waals surface area contributed by atoms with E-state index in [9.17, 15) is 0 Å². The lowest BCUT2D eigenvalue weighted by atomic mass is 10.1. The van der Waals surface area contributed by atoms with Gasteiger partial charge in [-0.05, 0) is 18.2 Å². The van der Waals surface area contributed by atoms with E-state index < -0.39 is 0 Å². The standard InChI is InChI=1S/C18H15NO2S/c1-20-11-21-15-10-17-18(13-7-3-2-6-12(13)15)19-14-8-4-5-9-16(14)22-17/h2-10,19H,11H2,1H3. The van der Waals surface area contributed by atoms with Crippen LogP contribution in [0.2, 0.25) is 0 Å². The Kier molecular flexibility index (Phi) is 3.41. The van der Waals surface area contributed by atoms with Gasteiger partial charge in [0.2, 0.25) is 0 Å². The van der Waals surface area contributed by atoms with Crippen molar-refractivity contribution < 1.29 is 9.47 Å². The molecule has 1 aliphatic heterocycles. The highest BCUT2D eigenvalue weighted by atomic mass is 32.2. The van der Waals surface area contributed by atoms with Gasteiger partial charge in [0.15, 0.2) is 6.79 Å². The molecule has 1 N–H and O–H groups in total. The van der Waals surface area contributed by atoms with Gasteiger partial charge in [0.1, 0.15) is 5.75 Å². The molecule has 1 aliphatic rings. The summed E-state index contributed by atoms with van der Waals surface area (Å²) in [5.74, 6) is 0.852. The first-order valence-corrected chi connectivity index (χ1v) is 7.90. The number of nitrogens with one attached hydrogen (secondary N) is 1. The second-order valence-electron chi connectivity index (χ2n) is 5.07. The van der Waals surface area contributed by atoms with Gasteiger partial charge in [0.25, 0.3) is 0 Å². The normalized spacial score (nSPS) is 12.4. The molecule has 4 rings (SSSR count). The first-order chi connectivity index (χ1) is 10.9. The van der Waals surface area contributed by atoms with Crippen molar-refractivity contribution in [2.45, 2.75) is 9.79 Å². The molecule has 0 fully saturated rings. The summed E-state index contributed by atoms with van der Waals surface area (Å²) in [5, 5.41) is 5.81. The number of ether oxygens (including phenoxy) is 2. The third-order valence-electron chi connectivity index (χ3n) is 3.67. The second-order valence-corrected chi connectivity index (χ2v) is 6.15. The van der Waals surface area contributed by atoms with Crippen molar-refractivity contribution in [2.75, 3.05) is 19.2 Å². The molecule has 4 heteroatoms. The van der Waals surface area contributed by atoms with E-state index in [1.807, 2.05) is 6.07 Å². The van der Waals surface area contributed by atoms with Gasteiger partial charge in [-0.1, -0.05) is 48.2 Å². The maximum absolute atomic E-state index is 5.76. The predicted molar refractivity (Wildman–Crippen MR) is 90.3 cm³/mol. The Hall–Kier alpha value is -2.17. The predicted octanol–water partition coefficient (Wildman–Crippen LogP) is 5.03. The molecule has 0 aliphatic carbocycles. The van der Waals surface area contributed by atoms with Crippen LogP contribution < -0.4 is 10.1 Å². The molecule has 22 heavy (non-hydrogen) atoms. The fourth-order valence-corrected chi connectivity index (χ4v) is 3.72. The lowest BCUT2D eigenvalue weighted by Gasteiger charge is -2.23. The molecular weight excluding hydrogens is 294 g/mol. The molecule has 0 atom stereocenters. The Morgan fingerprint density at radius 3 is 2.59 bits per heavy atom. The van der Waals surface area contributed by atoms with Crippen LogP contribution in [-0.2, 0) is 4.74 Å². The van der Waals surface area contributed by atoms with Gasteiger partial charge in [-0.15, -0.1) is 0 Å². The molecule has 0 spiro atoms. The third kappa shape index (κ3) is 2.21. The zero-order valence-electron chi connectivity index (χ0n) is 12.1. The number of benzene rings is 3. The molecule has 0 bridgehead atoms. The van der Waals surface area contributed by atoms with Crippen LogP contribution in [0.5, 0.6) is 5.75 Å². The summed E-state index contributed by atoms with van der Waals surface area (Å²) in [4.78, 5) is 2.39. The van der Waals surface area contributed by atoms with Gasteiger partial charge in [0, 0.05) is 27.7 Å². The van der Waals surface area contributed by atoms with Crippen molar-refractivity contribution in [3.05, 3.63) is 54.6 Å². The number of para-hydroxylation sites is 1. The summed E-state index contributed by atoms with van der Waals surface area (Å²) < 4.78 is 10.8. The Morgan fingerprint density at radius 1 is 0.955 bits per heavy atom. The first-order valence-electron chi connectivity index (χ1n) is 7.08. The molecule has 0 amide bonds. The van der Waals surface area contributed by atoms with Crippen molar-refractivity contribution >= 4 is 33.9 Å². The van der Waals surface area contributed by atoms with E-state index in [1.165, 1.54) is 9.79 Å². The number of rotatable bonds is 3. The van der Waals surface area contributed by atoms with Crippen molar-refractivity contribution in [1.29, 1.82) is 0 Å². The van der Waals surface area contributed by atoms with Crippen molar-refractivity contribution in [3.63, 3.8) is 0 Å². The number of fused-ring (bicyclic) bond motifs is 4. The van der Waals surface area contributed by atoms with E-state index in [1.54, 1.807) is 18.9 Å². The maximum atomic E-state index is 5.76. The highest BCUT2D eigenvalue weighted by Crippen LogP contribution is 2.49. The zero-order chi connectivity index (χ0) is 14.9. The van der Waals surface area contributed by atoms with Gasteiger partial charge >= 0.3 is 0 Å². The molecule has 110 valence electrons. The SMILES string of the molecule is COCOc1cc2c(c3ccccc13)Nc1ccccc1S2. The Morgan fingerprint density at radius 2 is 1.73 bits per heavy atom. The van der Waals surface area contributed by atoms with Gasteiger partial charge in [-0.25, -0.2) is 0 Å². The van der Waals surface area contributed by atoms with Crippen molar-refractivity contribution in [3.8, 4) is 5.75 Å². The number of anilines is 2. The molecular formula is C18H15NO2S. The maximum Gasteiger partial charge on any atom is 0.188 e. The molecule has 0 unspecified atom stereocenters. The van der Waals surface area contributed by atoms with Gasteiger partial charge in [-0.2, -0.15) is 0 Å². The number of hydrogen-bond acceptors (Lipinski definition) is 4. The lowest BCUT2D eigenvalue weighted by molar-refractivity contribution is 0.0521. The van der Waals surface area contributed by atoms with Crippen molar-refractivity contribution in [1.82, 2.24) is 0 Å². The summed E-state index contributed by atoms with van der Waals surface area (Å²) in [7, 11) is 1.63. The third-order valence-corrected chi connectivity index (χ3v) is 4.79. The number of hydrogen-bond donors (Lipinski definition) is 1. The Bertz CT molecular complexity index is 848. The molecule has 3 nitrogen and oxygen atoms in total. The van der Waals surface area contributed by atoms with E-state index in [0.717, 1.165) is 27.9 Å². The topological polar surface area (TPSA) is 30.5 Å². The van der Waals surface area contributed by atoms with E-state index in [2.05, 4.69) is 53.8 Å². The second kappa shape index (κ2) is 5.55. The quantitative estimate of drug-likeness (QED) is 0.538. The molecule has 3 aromatic carbocycles. The average molecular weight is 309 g/mol. The fraction of sp³-hybridized carbons (Fsp3) is 0.111. The van der Waals surface area contributed by atoms with E-state index >= 15 is 0 Å². The zero-order valence-corrected chi connectivity index (χ0v) is 12.9. The first kappa shape index (κ1) is 13.5. The van der Waals surface area contributed by atoms with Crippen molar-refractivity contribution in [2.24, 2.45) is 0 Å². The minimum Gasteiger partial charge on any atom is -0.467 e. The van der Waals surface area contributed by atoms with Gasteiger partial charge in [0.05, 0.1) is 11.4 Å². The molecule has 0 saturated carbocycles. The summed E-state index contributed by atoms with van der Waals surface area (Å²) in [6.07, 6.45) is 0. The van der Waals surface area contributed by atoms with Gasteiger partial charge in [-0.3, -0.25) is 0 Å². The van der Waals surface area contributed by atoms with Crippen LogP contribution in [0.4, 0.5) is 11.4 Å². The van der Waals surface area contributed by atoms with Crippen LogP contribution in [-0.4, -0.2) is 13.9 Å². The molecule has 0 aromatic heterocycles. The summed E-state index contributed by atoms with van der Waals surface area (Å²) >= 11 is 1.76. The monoisotopic (exact) mass is 309 g/mol. The Labute approximate surface area is 133 Å². The fourth-order valence-electron chi connectivity index (χ4n) is 2.68. The largest absolute Gasteiger partial charge is 0.467 e. The van der Waals surface area contributed by atoms with Crippen LogP contribution >= 0.6 is 11.8 Å². The van der Waals surface area contributed by atoms with E-state index in [-0.39, 0.29) is 6.79 Å². The number of methoxy groups -OCH3 is 1. The molecule has 0 saturated heterocycles. The summed E-state index contributed by atoms with van der Waals surface area (Å²) in [6.45, 7) is 0.247. The Balaban J connectivity index is 1.89. The highest BCUT2D eigenvalue weighted by molar-refractivity contribution is 7.99. The van der Waals surface area contributed by atoms with E-state index in [4.69, 9.17) is 9.47 Å². The lowest BCUT2D eigenvalue weighted by Crippen LogP contribution is -2.03. The van der Waals surface area contributed by atoms with Crippen LogP contribution in [0, 0.1) is 0 Å². The van der Waals surface area contributed by atoms with E-state index in [0.29, 0.717) is 0 Å². The van der Waals surface area contributed by atoms with Crippen LogP contribution in [0.1, 0.15) is 0 Å². The minimum atomic E-state index is 0.247. The summed E-state index contributed by atoms with van der Waals surface area (Å²) in [5.41, 5.74) is 2.29. The minimum absolute atomic E-state index is 0.247. The molecule has 3 aromatic rings. The van der Waals surface area contributed by atoms with Crippen LogP contribution in [0.15, 0.2) is 64.4 Å². The van der Waals surface area contributed by atoms with Crippen LogP contribution in [0.3, 0.4) is 0 Å². The smallest absolute Gasteiger partial charge is 0.188 e. The summed E-state index contributed by atoms with van der Waals surface area (Å²) in [6, 6.07) is 18.7.